The number of ether oxygens (including phenoxy) is 1. The number of benzene rings is 2. The van der Waals surface area contributed by atoms with Gasteiger partial charge in [-0.1, -0.05) is 18.2 Å². The van der Waals surface area contributed by atoms with Crippen LogP contribution in [-0.2, 0) is 0 Å². The second-order valence-electron chi connectivity index (χ2n) is 4.33. The quantitative estimate of drug-likeness (QED) is 0.403. The van der Waals surface area contributed by atoms with Crippen molar-refractivity contribution in [3.8, 4) is 11.5 Å². The molecular weight excluding hydrogens is 274 g/mol. The van der Waals surface area contributed by atoms with Gasteiger partial charge in [0.25, 0.3) is 0 Å². The zero-order valence-electron chi connectivity index (χ0n) is 11.2. The highest BCUT2D eigenvalue weighted by Gasteiger charge is 2.22. The van der Waals surface area contributed by atoms with Crippen LogP contribution in [0.2, 0.25) is 0 Å². The van der Waals surface area contributed by atoms with E-state index < -0.39 is 11.7 Å². The third-order valence-corrected chi connectivity index (χ3v) is 3.03. The minimum absolute atomic E-state index is 0.0382. The average Bonchev–Trinajstić information content (AvgIpc) is 2.47. The minimum Gasteiger partial charge on any atom is -0.507 e. The smallest absolute Gasteiger partial charge is 0.392 e. The van der Waals surface area contributed by atoms with Crippen molar-refractivity contribution in [3.63, 3.8) is 0 Å². The van der Waals surface area contributed by atoms with Crippen molar-refractivity contribution in [3.05, 3.63) is 53.1 Å². The first kappa shape index (κ1) is 14.8. The molecule has 0 bridgehead atoms. The summed E-state index contributed by atoms with van der Waals surface area (Å²) in [5.41, 5.74) is -0.125. The van der Waals surface area contributed by atoms with Crippen LogP contribution in [-0.4, -0.2) is 24.9 Å². The Hall–Kier alpha value is -2.63. The highest BCUT2D eigenvalue weighted by molar-refractivity contribution is 6.49. The topological polar surface area (TPSA) is 63.6 Å². The first-order valence-electron chi connectivity index (χ1n) is 6.11. The molecule has 0 saturated heterocycles. The van der Waals surface area contributed by atoms with Gasteiger partial charge in [0.2, 0.25) is 0 Å². The van der Waals surface area contributed by atoms with Crippen LogP contribution >= 0.6 is 0 Å². The SMILES string of the molecule is Cc1c([B]F)c(C=O)cc(O)c1C(=O)Oc1ccccc1. The third kappa shape index (κ3) is 2.94. The summed E-state index contributed by atoms with van der Waals surface area (Å²) in [5.74, 6) is -0.954. The van der Waals surface area contributed by atoms with Crippen molar-refractivity contribution in [2.24, 2.45) is 0 Å². The number of halogens is 1. The second-order valence-corrected chi connectivity index (χ2v) is 4.33. The highest BCUT2D eigenvalue weighted by Crippen LogP contribution is 2.23. The van der Waals surface area contributed by atoms with E-state index in [-0.39, 0.29) is 29.7 Å². The summed E-state index contributed by atoms with van der Waals surface area (Å²) in [6, 6.07) is 9.32. The Morgan fingerprint density at radius 2 is 2.00 bits per heavy atom. The molecule has 4 nitrogen and oxygen atoms in total. The van der Waals surface area contributed by atoms with Gasteiger partial charge in [0.15, 0.2) is 0 Å². The summed E-state index contributed by atoms with van der Waals surface area (Å²) >= 11 is 0. The van der Waals surface area contributed by atoms with Crippen molar-refractivity contribution in [2.75, 3.05) is 0 Å². The molecule has 0 spiro atoms. The predicted molar refractivity (Wildman–Crippen MR) is 76.1 cm³/mol. The Morgan fingerprint density at radius 3 is 2.57 bits per heavy atom. The lowest BCUT2D eigenvalue weighted by atomic mass is 9.80. The Balaban J connectivity index is 2.44. The Bertz CT molecular complexity index is 686. The number of hydrogen-bond donors (Lipinski definition) is 1. The maximum Gasteiger partial charge on any atom is 0.392 e. The first-order valence-corrected chi connectivity index (χ1v) is 6.11. The number of esters is 1. The summed E-state index contributed by atoms with van der Waals surface area (Å²) in [6.07, 6.45) is 0.407. The molecule has 0 heterocycles. The maximum atomic E-state index is 12.9. The molecule has 0 amide bonds. The van der Waals surface area contributed by atoms with E-state index in [1.165, 1.54) is 6.92 Å². The number of phenols is 1. The number of aldehydes is 1. The van der Waals surface area contributed by atoms with Crippen LogP contribution in [0.25, 0.3) is 0 Å². The molecule has 1 N–H and O–H groups in total. The van der Waals surface area contributed by atoms with Crippen molar-refractivity contribution in [1.82, 2.24) is 0 Å². The molecule has 2 aromatic carbocycles. The van der Waals surface area contributed by atoms with Crippen LogP contribution < -0.4 is 10.2 Å². The predicted octanol–water partition coefficient (Wildman–Crippen LogP) is 1.95. The summed E-state index contributed by atoms with van der Waals surface area (Å²) < 4.78 is 18.0. The maximum absolute atomic E-state index is 12.9. The van der Waals surface area contributed by atoms with Crippen LogP contribution in [0.1, 0.15) is 26.3 Å². The van der Waals surface area contributed by atoms with E-state index in [4.69, 9.17) is 4.74 Å². The summed E-state index contributed by atoms with van der Waals surface area (Å²) in [7, 11) is 0.220. The van der Waals surface area contributed by atoms with Gasteiger partial charge in [-0.05, 0) is 36.1 Å². The molecule has 21 heavy (non-hydrogen) atoms. The first-order chi connectivity index (χ1) is 10.1. The van der Waals surface area contributed by atoms with Gasteiger partial charge >= 0.3 is 13.5 Å². The van der Waals surface area contributed by atoms with E-state index in [2.05, 4.69) is 0 Å². The molecule has 0 atom stereocenters. The molecule has 0 fully saturated rings. The van der Waals surface area contributed by atoms with Crippen molar-refractivity contribution >= 4 is 25.3 Å². The van der Waals surface area contributed by atoms with E-state index in [0.29, 0.717) is 12.0 Å². The summed E-state index contributed by atoms with van der Waals surface area (Å²) in [5, 5.41) is 9.88. The van der Waals surface area contributed by atoms with Gasteiger partial charge in [-0.2, -0.15) is 0 Å². The molecule has 0 aliphatic heterocycles. The van der Waals surface area contributed by atoms with Gasteiger partial charge in [-0.15, -0.1) is 0 Å². The number of aromatic hydroxyl groups is 1. The van der Waals surface area contributed by atoms with Crippen molar-refractivity contribution in [1.29, 1.82) is 0 Å². The minimum atomic E-state index is -0.822. The number of rotatable bonds is 4. The largest absolute Gasteiger partial charge is 0.507 e. The standard InChI is InChI=1S/C15H11BFO4/c1-9-13(12(19)7-10(8-18)14(9)16-17)15(20)21-11-5-3-2-4-6-11/h2-8,19H,1H3. The van der Waals surface area contributed by atoms with Gasteiger partial charge in [0.05, 0.1) is 0 Å². The summed E-state index contributed by atoms with van der Waals surface area (Å²) in [6.45, 7) is 1.43. The van der Waals surface area contributed by atoms with Gasteiger partial charge < -0.3 is 14.2 Å². The van der Waals surface area contributed by atoms with Crippen LogP contribution in [0.15, 0.2) is 36.4 Å². The fourth-order valence-electron chi connectivity index (χ4n) is 1.99. The van der Waals surface area contributed by atoms with Gasteiger partial charge in [-0.25, -0.2) is 4.79 Å². The van der Waals surface area contributed by atoms with Gasteiger partial charge in [0.1, 0.15) is 23.3 Å². The second kappa shape index (κ2) is 6.22. The Morgan fingerprint density at radius 1 is 1.33 bits per heavy atom. The molecular formula is C15H11BFO4. The van der Waals surface area contributed by atoms with E-state index in [1.807, 2.05) is 0 Å². The van der Waals surface area contributed by atoms with Crippen LogP contribution in [0.5, 0.6) is 11.5 Å². The molecule has 0 unspecified atom stereocenters. The number of para-hydroxylation sites is 1. The van der Waals surface area contributed by atoms with E-state index in [0.717, 1.165) is 6.07 Å². The average molecular weight is 285 g/mol. The Kier molecular flexibility index (Phi) is 4.37. The van der Waals surface area contributed by atoms with Gasteiger partial charge in [-0.3, -0.25) is 4.79 Å². The highest BCUT2D eigenvalue weighted by atomic mass is 19.1. The molecule has 2 aromatic rings. The zero-order chi connectivity index (χ0) is 15.4. The van der Waals surface area contributed by atoms with E-state index >= 15 is 0 Å². The normalized spacial score (nSPS) is 10.0. The zero-order valence-corrected chi connectivity index (χ0v) is 11.2. The van der Waals surface area contributed by atoms with Crippen LogP contribution in [0, 0.1) is 6.92 Å². The molecule has 0 saturated carbocycles. The molecule has 1 radical (unpaired) electrons. The van der Waals surface area contributed by atoms with Crippen LogP contribution in [0.4, 0.5) is 4.32 Å². The van der Waals surface area contributed by atoms with Crippen molar-refractivity contribution < 1.29 is 23.7 Å². The van der Waals surface area contributed by atoms with E-state index in [1.54, 1.807) is 30.3 Å². The lowest BCUT2D eigenvalue weighted by Crippen LogP contribution is -2.24. The molecule has 105 valence electrons. The number of phenolic OH excluding ortho intramolecular Hbond substituents is 1. The third-order valence-electron chi connectivity index (χ3n) is 3.03. The number of hydrogen-bond acceptors (Lipinski definition) is 4. The lowest BCUT2D eigenvalue weighted by molar-refractivity contribution is 0.0730. The Labute approximate surface area is 121 Å². The fourth-order valence-corrected chi connectivity index (χ4v) is 1.99. The fraction of sp³-hybridized carbons (Fsp3) is 0.0667. The molecule has 0 aromatic heterocycles. The number of carbonyl (C=O) groups excluding carboxylic acids is 2. The summed E-state index contributed by atoms with van der Waals surface area (Å²) in [4.78, 5) is 23.0. The van der Waals surface area contributed by atoms with Crippen molar-refractivity contribution in [2.45, 2.75) is 6.92 Å². The molecule has 0 aliphatic carbocycles. The number of carbonyl (C=O) groups is 2. The van der Waals surface area contributed by atoms with Crippen LogP contribution in [0.3, 0.4) is 0 Å². The molecule has 2 rings (SSSR count). The monoisotopic (exact) mass is 285 g/mol. The van der Waals surface area contributed by atoms with E-state index in [9.17, 15) is 19.0 Å². The lowest BCUT2D eigenvalue weighted by Gasteiger charge is -2.12. The van der Waals surface area contributed by atoms with Gasteiger partial charge in [0, 0.05) is 5.56 Å². The molecule has 0 aliphatic rings. The molecule has 6 heteroatoms.